The summed E-state index contributed by atoms with van der Waals surface area (Å²) < 4.78 is 28.0. The smallest absolute Gasteiger partial charge is 0.261 e. The molecule has 1 aliphatic heterocycles. The van der Waals surface area contributed by atoms with Crippen LogP contribution in [-0.4, -0.2) is 28.7 Å². The van der Waals surface area contributed by atoms with Gasteiger partial charge in [0.25, 0.3) is 5.56 Å². The maximum atomic E-state index is 14.2. The summed E-state index contributed by atoms with van der Waals surface area (Å²) in [5.74, 6) is -0.814. The van der Waals surface area contributed by atoms with E-state index in [-0.39, 0.29) is 34.0 Å². The molecule has 1 saturated carbocycles. The zero-order chi connectivity index (χ0) is 21.3. The average molecular weight is 453 g/mol. The summed E-state index contributed by atoms with van der Waals surface area (Å²) in [7, 11) is 0. The van der Waals surface area contributed by atoms with Gasteiger partial charge in [-0.3, -0.25) is 9.36 Å². The van der Waals surface area contributed by atoms with Crippen LogP contribution in [-0.2, 0) is 0 Å². The Morgan fingerprint density at radius 1 is 1.10 bits per heavy atom. The van der Waals surface area contributed by atoms with Gasteiger partial charge < -0.3 is 10.6 Å². The molecule has 5 rings (SSSR count). The van der Waals surface area contributed by atoms with Gasteiger partial charge >= 0.3 is 0 Å². The normalized spacial score (nSPS) is 18.2. The van der Waals surface area contributed by atoms with E-state index in [2.05, 4.69) is 15.6 Å². The molecule has 0 amide bonds. The Labute approximate surface area is 182 Å². The molecule has 30 heavy (non-hydrogen) atoms. The second kappa shape index (κ2) is 8.88. The van der Waals surface area contributed by atoms with Crippen molar-refractivity contribution in [1.29, 1.82) is 0 Å². The van der Waals surface area contributed by atoms with Crippen molar-refractivity contribution in [2.45, 2.75) is 31.3 Å². The number of anilines is 1. The monoisotopic (exact) mass is 452 g/mol. The van der Waals surface area contributed by atoms with Crippen LogP contribution >= 0.6 is 23.2 Å². The van der Waals surface area contributed by atoms with Crippen LogP contribution < -0.4 is 16.2 Å². The fraction of sp³-hybridized carbons (Fsp3) is 0.333. The van der Waals surface area contributed by atoms with Gasteiger partial charge in [0.15, 0.2) is 5.82 Å². The standard InChI is InChI=1S/C15H17FN4O.C6H3Cl2F/c16-13-6-10(19-9-3-4-17-7-9)5-12-14(13)18-8-20(15(12)21)11-1-2-11;7-5-2-1-4(9)3-6(5)8/h5-6,8-9,11,17,19H,1-4,7H2;1-3H. The van der Waals surface area contributed by atoms with Crippen LogP contribution in [0.5, 0.6) is 0 Å². The van der Waals surface area contributed by atoms with Crippen LogP contribution in [0.4, 0.5) is 14.5 Å². The molecule has 1 aliphatic carbocycles. The highest BCUT2D eigenvalue weighted by molar-refractivity contribution is 6.41. The lowest BCUT2D eigenvalue weighted by atomic mass is 10.2. The van der Waals surface area contributed by atoms with E-state index in [1.807, 2.05) is 0 Å². The van der Waals surface area contributed by atoms with Crippen molar-refractivity contribution in [3.05, 3.63) is 68.7 Å². The van der Waals surface area contributed by atoms with Gasteiger partial charge in [0.2, 0.25) is 0 Å². The van der Waals surface area contributed by atoms with E-state index < -0.39 is 5.82 Å². The number of nitrogens with zero attached hydrogens (tertiary/aromatic N) is 2. The molecule has 5 nitrogen and oxygen atoms in total. The van der Waals surface area contributed by atoms with Gasteiger partial charge in [-0.25, -0.2) is 13.8 Å². The molecule has 2 aromatic carbocycles. The van der Waals surface area contributed by atoms with Crippen molar-refractivity contribution in [3.63, 3.8) is 0 Å². The summed E-state index contributed by atoms with van der Waals surface area (Å²) in [5, 5.41) is 7.52. The molecule has 2 N–H and O–H groups in total. The maximum absolute atomic E-state index is 14.2. The Balaban J connectivity index is 0.000000204. The molecule has 0 bridgehead atoms. The highest BCUT2D eigenvalue weighted by atomic mass is 35.5. The number of aromatic nitrogens is 2. The van der Waals surface area contributed by atoms with E-state index in [9.17, 15) is 13.6 Å². The molecule has 158 valence electrons. The number of hydrogen-bond donors (Lipinski definition) is 2. The van der Waals surface area contributed by atoms with E-state index in [0.717, 1.165) is 32.4 Å². The quantitative estimate of drug-likeness (QED) is 0.561. The summed E-state index contributed by atoms with van der Waals surface area (Å²) in [6, 6.07) is 7.52. The third-order valence-electron chi connectivity index (χ3n) is 5.09. The minimum absolute atomic E-state index is 0.144. The number of benzene rings is 2. The van der Waals surface area contributed by atoms with Gasteiger partial charge in [0.1, 0.15) is 11.3 Å². The van der Waals surface area contributed by atoms with Crippen LogP contribution in [0.25, 0.3) is 10.9 Å². The van der Waals surface area contributed by atoms with Crippen LogP contribution in [0.3, 0.4) is 0 Å². The summed E-state index contributed by atoms with van der Waals surface area (Å²) in [6.07, 6.45) is 4.47. The first-order valence-corrected chi connectivity index (χ1v) is 10.5. The first-order valence-electron chi connectivity index (χ1n) is 9.70. The van der Waals surface area contributed by atoms with Crippen molar-refractivity contribution < 1.29 is 8.78 Å². The van der Waals surface area contributed by atoms with E-state index in [0.29, 0.717) is 16.1 Å². The Kier molecular flexibility index (Phi) is 6.22. The van der Waals surface area contributed by atoms with Gasteiger partial charge in [0.05, 0.1) is 21.8 Å². The average Bonchev–Trinajstić information content (AvgIpc) is 3.43. The lowest BCUT2D eigenvalue weighted by molar-refractivity contribution is 0.628. The lowest BCUT2D eigenvalue weighted by Gasteiger charge is -2.14. The van der Waals surface area contributed by atoms with Gasteiger partial charge in [-0.05, 0) is 56.1 Å². The molecule has 3 aromatic rings. The highest BCUT2D eigenvalue weighted by Crippen LogP contribution is 2.33. The lowest BCUT2D eigenvalue weighted by Crippen LogP contribution is -2.23. The molecular formula is C21H20Cl2F2N4O. The number of fused-ring (bicyclic) bond motifs is 1. The van der Waals surface area contributed by atoms with E-state index in [4.69, 9.17) is 23.2 Å². The molecule has 1 saturated heterocycles. The molecule has 2 aliphatic rings. The van der Waals surface area contributed by atoms with Gasteiger partial charge in [-0.2, -0.15) is 0 Å². The molecule has 9 heteroatoms. The SMILES string of the molecule is Fc1ccc(Cl)c(Cl)c1.O=c1c2cc(NC3CCNC3)cc(F)c2ncn1C1CC1. The summed E-state index contributed by atoms with van der Waals surface area (Å²) in [4.78, 5) is 16.6. The van der Waals surface area contributed by atoms with Crippen molar-refractivity contribution in [2.24, 2.45) is 0 Å². The molecular weight excluding hydrogens is 433 g/mol. The number of nitrogens with one attached hydrogen (secondary N) is 2. The number of hydrogen-bond acceptors (Lipinski definition) is 4. The van der Waals surface area contributed by atoms with Crippen LogP contribution in [0.2, 0.25) is 10.0 Å². The van der Waals surface area contributed by atoms with Gasteiger partial charge in [0, 0.05) is 24.3 Å². The predicted octanol–water partition coefficient (Wildman–Crippen LogP) is 4.78. The van der Waals surface area contributed by atoms with Crippen LogP contribution in [0.1, 0.15) is 25.3 Å². The molecule has 0 radical (unpaired) electrons. The zero-order valence-corrected chi connectivity index (χ0v) is 17.5. The van der Waals surface area contributed by atoms with Gasteiger partial charge in [-0.1, -0.05) is 23.2 Å². The van der Waals surface area contributed by atoms with E-state index in [1.54, 1.807) is 10.6 Å². The fourth-order valence-electron chi connectivity index (χ4n) is 3.38. The van der Waals surface area contributed by atoms with Crippen molar-refractivity contribution >= 4 is 39.8 Å². The van der Waals surface area contributed by atoms with Crippen LogP contribution in [0, 0.1) is 11.6 Å². The molecule has 1 atom stereocenters. The Morgan fingerprint density at radius 3 is 2.53 bits per heavy atom. The van der Waals surface area contributed by atoms with Gasteiger partial charge in [-0.15, -0.1) is 0 Å². The van der Waals surface area contributed by atoms with Crippen molar-refractivity contribution in [1.82, 2.24) is 14.9 Å². The first-order chi connectivity index (χ1) is 14.4. The minimum Gasteiger partial charge on any atom is -0.381 e. The van der Waals surface area contributed by atoms with Crippen molar-refractivity contribution in [3.8, 4) is 0 Å². The Bertz CT molecular complexity index is 1130. The molecule has 0 spiro atoms. The topological polar surface area (TPSA) is 59.0 Å². The Hall–Kier alpha value is -2.22. The zero-order valence-electron chi connectivity index (χ0n) is 16.0. The number of halogens is 4. The van der Waals surface area contributed by atoms with Crippen LogP contribution in [0.15, 0.2) is 41.5 Å². The fourth-order valence-corrected chi connectivity index (χ4v) is 3.67. The number of rotatable bonds is 3. The molecule has 1 unspecified atom stereocenters. The van der Waals surface area contributed by atoms with Crippen molar-refractivity contribution in [2.75, 3.05) is 18.4 Å². The molecule has 2 heterocycles. The second-order valence-electron chi connectivity index (χ2n) is 7.43. The molecule has 1 aromatic heterocycles. The third kappa shape index (κ3) is 4.74. The second-order valence-corrected chi connectivity index (χ2v) is 8.25. The summed E-state index contributed by atoms with van der Waals surface area (Å²) in [5.41, 5.74) is 0.669. The molecule has 2 fully saturated rings. The summed E-state index contributed by atoms with van der Waals surface area (Å²) >= 11 is 10.9. The highest BCUT2D eigenvalue weighted by Gasteiger charge is 2.26. The minimum atomic E-state index is -0.444. The van der Waals surface area contributed by atoms with E-state index in [1.165, 1.54) is 30.6 Å². The first kappa shape index (κ1) is 21.0. The van der Waals surface area contributed by atoms with E-state index >= 15 is 0 Å². The maximum Gasteiger partial charge on any atom is 0.261 e. The third-order valence-corrected chi connectivity index (χ3v) is 5.83. The predicted molar refractivity (Wildman–Crippen MR) is 116 cm³/mol. The largest absolute Gasteiger partial charge is 0.381 e. The summed E-state index contributed by atoms with van der Waals surface area (Å²) in [6.45, 7) is 1.82. The Morgan fingerprint density at radius 2 is 1.90 bits per heavy atom.